The summed E-state index contributed by atoms with van der Waals surface area (Å²) in [6.45, 7) is 0.749. The van der Waals surface area contributed by atoms with Gasteiger partial charge in [-0.3, -0.25) is 0 Å². The van der Waals surface area contributed by atoms with E-state index in [-0.39, 0.29) is 0 Å². The van der Waals surface area contributed by atoms with Crippen LogP contribution in [0.1, 0.15) is 18.0 Å². The van der Waals surface area contributed by atoms with Gasteiger partial charge in [-0.15, -0.1) is 0 Å². The summed E-state index contributed by atoms with van der Waals surface area (Å²) in [6, 6.07) is 2.66. The lowest BCUT2D eigenvalue weighted by Crippen LogP contribution is -2.22. The Hall–Kier alpha value is -0.380. The molecule has 0 bridgehead atoms. The maximum absolute atomic E-state index is 5.55. The first-order chi connectivity index (χ1) is 5.75. The van der Waals surface area contributed by atoms with E-state index in [1.807, 2.05) is 0 Å². The van der Waals surface area contributed by atoms with Crippen molar-refractivity contribution in [1.29, 1.82) is 0 Å². The Morgan fingerprint density at radius 2 is 2.33 bits per heavy atom. The predicted molar refractivity (Wildman–Crippen MR) is 54.4 cm³/mol. The maximum atomic E-state index is 5.55. The van der Waals surface area contributed by atoms with Crippen molar-refractivity contribution in [2.75, 3.05) is 20.6 Å². The van der Waals surface area contributed by atoms with Crippen molar-refractivity contribution in [3.05, 3.63) is 22.4 Å². The van der Waals surface area contributed by atoms with Crippen LogP contribution in [0.4, 0.5) is 0 Å². The third-order valence-electron chi connectivity index (χ3n) is 1.99. The fourth-order valence-corrected chi connectivity index (χ4v) is 2.05. The summed E-state index contributed by atoms with van der Waals surface area (Å²) in [4.78, 5) is 2.22. The predicted octanol–water partition coefficient (Wildman–Crippen LogP) is 1.70. The Morgan fingerprint density at radius 3 is 2.75 bits per heavy atom. The quantitative estimate of drug-likeness (QED) is 0.771. The zero-order chi connectivity index (χ0) is 8.97. The van der Waals surface area contributed by atoms with Gasteiger partial charge in [-0.1, -0.05) is 0 Å². The third-order valence-corrected chi connectivity index (χ3v) is 2.69. The molecule has 1 rings (SSSR count). The Labute approximate surface area is 78.0 Å². The molecule has 0 aliphatic rings. The minimum absolute atomic E-state index is 0.487. The number of rotatable bonds is 4. The summed E-state index contributed by atoms with van der Waals surface area (Å²) in [6.07, 6.45) is 1.03. The molecule has 12 heavy (non-hydrogen) atoms. The Kier molecular flexibility index (Phi) is 3.72. The van der Waals surface area contributed by atoms with Crippen LogP contribution in [0.3, 0.4) is 0 Å². The maximum Gasteiger partial charge on any atom is 0.0362 e. The Bertz CT molecular complexity index is 206. The first kappa shape index (κ1) is 9.71. The van der Waals surface area contributed by atoms with E-state index < -0.39 is 0 Å². The van der Waals surface area contributed by atoms with E-state index in [1.165, 1.54) is 5.56 Å². The van der Waals surface area contributed by atoms with Gasteiger partial charge in [0.25, 0.3) is 0 Å². The minimum Gasteiger partial charge on any atom is -0.330 e. The summed E-state index contributed by atoms with van der Waals surface area (Å²) in [7, 11) is 4.19. The fourth-order valence-electron chi connectivity index (χ4n) is 1.35. The van der Waals surface area contributed by atoms with Gasteiger partial charge in [0, 0.05) is 6.04 Å². The molecule has 0 unspecified atom stereocenters. The van der Waals surface area contributed by atoms with Crippen molar-refractivity contribution in [2.45, 2.75) is 12.5 Å². The van der Waals surface area contributed by atoms with Crippen molar-refractivity contribution in [1.82, 2.24) is 4.90 Å². The summed E-state index contributed by atoms with van der Waals surface area (Å²) in [5, 5.41) is 4.31. The normalized spacial score (nSPS) is 13.7. The number of hydrogen-bond acceptors (Lipinski definition) is 3. The zero-order valence-corrected chi connectivity index (χ0v) is 8.47. The Balaban J connectivity index is 2.66. The second-order valence-electron chi connectivity index (χ2n) is 3.11. The van der Waals surface area contributed by atoms with Gasteiger partial charge in [-0.2, -0.15) is 11.3 Å². The van der Waals surface area contributed by atoms with Crippen LogP contribution in [0.25, 0.3) is 0 Å². The van der Waals surface area contributed by atoms with Gasteiger partial charge in [0.15, 0.2) is 0 Å². The number of thiophene rings is 1. The van der Waals surface area contributed by atoms with Gasteiger partial charge in [0.1, 0.15) is 0 Å². The van der Waals surface area contributed by atoms with Crippen molar-refractivity contribution in [2.24, 2.45) is 5.73 Å². The molecule has 68 valence electrons. The molecule has 1 aromatic rings. The second kappa shape index (κ2) is 4.60. The summed E-state index contributed by atoms with van der Waals surface area (Å²) in [5.41, 5.74) is 6.93. The average molecular weight is 184 g/mol. The smallest absolute Gasteiger partial charge is 0.0362 e. The van der Waals surface area contributed by atoms with Crippen molar-refractivity contribution in [3.63, 3.8) is 0 Å². The van der Waals surface area contributed by atoms with Gasteiger partial charge < -0.3 is 10.6 Å². The molecule has 1 atom stereocenters. The van der Waals surface area contributed by atoms with Crippen molar-refractivity contribution in [3.8, 4) is 0 Å². The van der Waals surface area contributed by atoms with E-state index in [4.69, 9.17) is 5.73 Å². The highest BCUT2D eigenvalue weighted by molar-refractivity contribution is 7.07. The Morgan fingerprint density at radius 1 is 1.58 bits per heavy atom. The average Bonchev–Trinajstić information content (AvgIpc) is 2.51. The van der Waals surface area contributed by atoms with E-state index >= 15 is 0 Å². The molecule has 0 radical (unpaired) electrons. The number of nitrogens with zero attached hydrogens (tertiary/aromatic N) is 1. The molecule has 0 amide bonds. The van der Waals surface area contributed by atoms with Gasteiger partial charge in [-0.25, -0.2) is 0 Å². The van der Waals surface area contributed by atoms with E-state index in [2.05, 4.69) is 35.8 Å². The molecule has 0 saturated carbocycles. The molecular weight excluding hydrogens is 168 g/mol. The molecule has 0 aromatic carbocycles. The lowest BCUT2D eigenvalue weighted by molar-refractivity contribution is 0.287. The van der Waals surface area contributed by atoms with Gasteiger partial charge in [0.05, 0.1) is 0 Å². The lowest BCUT2D eigenvalue weighted by Gasteiger charge is -2.22. The largest absolute Gasteiger partial charge is 0.330 e. The van der Waals surface area contributed by atoms with Crippen LogP contribution in [-0.4, -0.2) is 25.5 Å². The first-order valence-corrected chi connectivity index (χ1v) is 5.08. The van der Waals surface area contributed by atoms with Gasteiger partial charge in [-0.05, 0) is 49.5 Å². The number of hydrogen-bond donors (Lipinski definition) is 1. The van der Waals surface area contributed by atoms with Crippen LogP contribution in [0.15, 0.2) is 16.8 Å². The lowest BCUT2D eigenvalue weighted by atomic mass is 10.1. The highest BCUT2D eigenvalue weighted by atomic mass is 32.1. The van der Waals surface area contributed by atoms with E-state index in [0.717, 1.165) is 13.0 Å². The molecule has 1 heterocycles. The highest BCUT2D eigenvalue weighted by Gasteiger charge is 2.12. The molecule has 0 aliphatic heterocycles. The highest BCUT2D eigenvalue weighted by Crippen LogP contribution is 2.23. The van der Waals surface area contributed by atoms with Gasteiger partial charge in [0.2, 0.25) is 0 Å². The standard InChI is InChI=1S/C9H16N2S/c1-11(2)9(3-5-10)8-4-6-12-7-8/h4,6-7,9H,3,5,10H2,1-2H3/t9-/m1/s1. The van der Waals surface area contributed by atoms with Crippen LogP contribution in [0.2, 0.25) is 0 Å². The summed E-state index contributed by atoms with van der Waals surface area (Å²) in [5.74, 6) is 0. The molecule has 0 spiro atoms. The van der Waals surface area contributed by atoms with Crippen LogP contribution in [0.5, 0.6) is 0 Å². The summed E-state index contributed by atoms with van der Waals surface area (Å²) < 4.78 is 0. The summed E-state index contributed by atoms with van der Waals surface area (Å²) >= 11 is 1.74. The first-order valence-electron chi connectivity index (χ1n) is 4.14. The monoisotopic (exact) mass is 184 g/mol. The third kappa shape index (κ3) is 2.30. The molecule has 2 nitrogen and oxygen atoms in total. The SMILES string of the molecule is CN(C)[C@H](CCN)c1ccsc1. The molecule has 0 fully saturated rings. The van der Waals surface area contributed by atoms with Crippen LogP contribution in [-0.2, 0) is 0 Å². The minimum atomic E-state index is 0.487. The van der Waals surface area contributed by atoms with Crippen LogP contribution in [0, 0.1) is 0 Å². The second-order valence-corrected chi connectivity index (χ2v) is 3.89. The molecule has 3 heteroatoms. The van der Waals surface area contributed by atoms with Crippen molar-refractivity contribution < 1.29 is 0 Å². The topological polar surface area (TPSA) is 29.3 Å². The van der Waals surface area contributed by atoms with Crippen LogP contribution < -0.4 is 5.73 Å². The zero-order valence-electron chi connectivity index (χ0n) is 7.66. The molecule has 1 aromatic heterocycles. The molecule has 0 saturated heterocycles. The molecular formula is C9H16N2S. The number of nitrogens with two attached hydrogens (primary N) is 1. The van der Waals surface area contributed by atoms with Crippen molar-refractivity contribution >= 4 is 11.3 Å². The molecule has 0 aliphatic carbocycles. The van der Waals surface area contributed by atoms with E-state index in [1.54, 1.807) is 11.3 Å². The van der Waals surface area contributed by atoms with Gasteiger partial charge >= 0.3 is 0 Å². The van der Waals surface area contributed by atoms with Crippen LogP contribution >= 0.6 is 11.3 Å². The van der Waals surface area contributed by atoms with E-state index in [0.29, 0.717) is 6.04 Å². The fraction of sp³-hybridized carbons (Fsp3) is 0.556. The van der Waals surface area contributed by atoms with E-state index in [9.17, 15) is 0 Å². The molecule has 2 N–H and O–H groups in total.